The van der Waals surface area contributed by atoms with Crippen LogP contribution in [-0.4, -0.2) is 56.3 Å². The molecular formula is C22H27N3O3S. The zero-order chi connectivity index (χ0) is 20.3. The average Bonchev–Trinajstić information content (AvgIpc) is 2.75. The zero-order valence-electron chi connectivity index (χ0n) is 16.5. The molecule has 1 N–H and O–H groups in total. The standard InChI is InChI=1S/C22H27N3O3S/c26-22(23-21-12-6-8-18-7-4-5-11-20(18)21)17-24-13-15-25(16-14-24)29(27,28)19-9-2-1-3-10-19/h1-5,7,9-11,21H,6,8,12-17H2,(H,23,26). The van der Waals surface area contributed by atoms with Gasteiger partial charge >= 0.3 is 0 Å². The maximum Gasteiger partial charge on any atom is 0.243 e. The van der Waals surface area contributed by atoms with E-state index in [9.17, 15) is 13.2 Å². The topological polar surface area (TPSA) is 69.7 Å². The van der Waals surface area contributed by atoms with Gasteiger partial charge in [0, 0.05) is 26.2 Å². The van der Waals surface area contributed by atoms with Crippen LogP contribution in [0.3, 0.4) is 0 Å². The molecule has 1 amide bonds. The fraction of sp³-hybridized carbons (Fsp3) is 0.409. The van der Waals surface area contributed by atoms with Crippen molar-refractivity contribution >= 4 is 15.9 Å². The number of benzene rings is 2. The summed E-state index contributed by atoms with van der Waals surface area (Å²) in [5.41, 5.74) is 2.55. The van der Waals surface area contributed by atoms with E-state index in [-0.39, 0.29) is 11.9 Å². The van der Waals surface area contributed by atoms with Gasteiger partial charge in [-0.05, 0) is 42.5 Å². The number of sulfonamides is 1. The third-order valence-corrected chi connectivity index (χ3v) is 7.70. The Morgan fingerprint density at radius 1 is 0.966 bits per heavy atom. The minimum absolute atomic E-state index is 0.00562. The van der Waals surface area contributed by atoms with Crippen LogP contribution >= 0.6 is 0 Å². The molecule has 1 heterocycles. The van der Waals surface area contributed by atoms with Gasteiger partial charge < -0.3 is 5.32 Å². The first kappa shape index (κ1) is 20.1. The lowest BCUT2D eigenvalue weighted by atomic mass is 9.88. The van der Waals surface area contributed by atoms with Gasteiger partial charge in [0.1, 0.15) is 0 Å². The van der Waals surface area contributed by atoms with Crippen LogP contribution in [-0.2, 0) is 21.2 Å². The van der Waals surface area contributed by atoms with Gasteiger partial charge in [0.25, 0.3) is 0 Å². The summed E-state index contributed by atoms with van der Waals surface area (Å²) >= 11 is 0. The molecule has 154 valence electrons. The molecule has 2 aromatic carbocycles. The largest absolute Gasteiger partial charge is 0.348 e. The molecule has 2 aliphatic rings. The average molecular weight is 414 g/mol. The minimum atomic E-state index is -3.46. The van der Waals surface area contributed by atoms with Gasteiger partial charge in [0.05, 0.1) is 17.5 Å². The molecule has 2 aromatic rings. The van der Waals surface area contributed by atoms with Gasteiger partial charge in [-0.15, -0.1) is 0 Å². The summed E-state index contributed by atoms with van der Waals surface area (Å²) in [7, 11) is -3.46. The number of hydrogen-bond donors (Lipinski definition) is 1. The second-order valence-corrected chi connectivity index (χ2v) is 9.64. The van der Waals surface area contributed by atoms with E-state index in [2.05, 4.69) is 17.4 Å². The Morgan fingerprint density at radius 3 is 2.41 bits per heavy atom. The maximum atomic E-state index is 12.7. The Bertz CT molecular complexity index is 954. The van der Waals surface area contributed by atoms with Crippen molar-refractivity contribution in [2.45, 2.75) is 30.2 Å². The predicted molar refractivity (Wildman–Crippen MR) is 112 cm³/mol. The van der Waals surface area contributed by atoms with Crippen molar-refractivity contribution < 1.29 is 13.2 Å². The summed E-state index contributed by atoms with van der Waals surface area (Å²) in [6, 6.07) is 16.9. The van der Waals surface area contributed by atoms with Crippen LogP contribution in [0, 0.1) is 0 Å². The number of rotatable bonds is 5. The minimum Gasteiger partial charge on any atom is -0.348 e. The number of hydrogen-bond acceptors (Lipinski definition) is 4. The van der Waals surface area contributed by atoms with E-state index >= 15 is 0 Å². The first-order valence-corrected chi connectivity index (χ1v) is 11.6. The lowest BCUT2D eigenvalue weighted by molar-refractivity contribution is -0.123. The van der Waals surface area contributed by atoms with E-state index in [1.165, 1.54) is 15.4 Å². The van der Waals surface area contributed by atoms with Crippen molar-refractivity contribution in [3.05, 3.63) is 65.7 Å². The van der Waals surface area contributed by atoms with Crippen LogP contribution < -0.4 is 5.32 Å². The molecular weight excluding hydrogens is 386 g/mol. The number of amides is 1. The molecule has 29 heavy (non-hydrogen) atoms. The van der Waals surface area contributed by atoms with Gasteiger partial charge in [0.15, 0.2) is 0 Å². The second kappa shape index (κ2) is 8.65. The molecule has 1 aliphatic carbocycles. The number of nitrogens with zero attached hydrogens (tertiary/aromatic N) is 2. The molecule has 1 atom stereocenters. The second-order valence-electron chi connectivity index (χ2n) is 7.70. The van der Waals surface area contributed by atoms with Crippen molar-refractivity contribution in [1.29, 1.82) is 0 Å². The number of piperazine rings is 1. The number of nitrogens with one attached hydrogen (secondary N) is 1. The van der Waals surface area contributed by atoms with Crippen molar-refractivity contribution in [2.24, 2.45) is 0 Å². The predicted octanol–water partition coefficient (Wildman–Crippen LogP) is 2.19. The Hall–Kier alpha value is -2.22. The quantitative estimate of drug-likeness (QED) is 0.816. The molecule has 0 saturated carbocycles. The molecule has 1 aliphatic heterocycles. The number of aryl methyl sites for hydroxylation is 1. The van der Waals surface area contributed by atoms with Crippen LogP contribution in [0.25, 0.3) is 0 Å². The summed E-state index contributed by atoms with van der Waals surface area (Å²) in [5, 5.41) is 3.18. The summed E-state index contributed by atoms with van der Waals surface area (Å²) in [6.45, 7) is 2.22. The van der Waals surface area contributed by atoms with Crippen molar-refractivity contribution in [1.82, 2.24) is 14.5 Å². The van der Waals surface area contributed by atoms with E-state index in [4.69, 9.17) is 0 Å². The Morgan fingerprint density at radius 2 is 1.66 bits per heavy atom. The van der Waals surface area contributed by atoms with Crippen LogP contribution in [0.5, 0.6) is 0 Å². The van der Waals surface area contributed by atoms with Crippen LogP contribution in [0.15, 0.2) is 59.5 Å². The zero-order valence-corrected chi connectivity index (χ0v) is 17.3. The van der Waals surface area contributed by atoms with E-state index in [1.807, 2.05) is 17.0 Å². The summed E-state index contributed by atoms with van der Waals surface area (Å²) < 4.78 is 27.0. The molecule has 0 aromatic heterocycles. The molecule has 1 saturated heterocycles. The SMILES string of the molecule is O=C(CN1CCN(S(=O)(=O)c2ccccc2)CC1)NC1CCCc2ccccc21. The molecule has 1 fully saturated rings. The molecule has 0 bridgehead atoms. The lowest BCUT2D eigenvalue weighted by Gasteiger charge is -2.34. The smallest absolute Gasteiger partial charge is 0.243 e. The van der Waals surface area contributed by atoms with Crippen LogP contribution in [0.1, 0.15) is 30.0 Å². The number of carbonyl (C=O) groups is 1. The van der Waals surface area contributed by atoms with E-state index < -0.39 is 10.0 Å². The Labute approximate surface area is 172 Å². The molecule has 4 rings (SSSR count). The highest BCUT2D eigenvalue weighted by Gasteiger charge is 2.29. The first-order chi connectivity index (χ1) is 14.0. The number of carbonyl (C=O) groups excluding carboxylic acids is 1. The highest BCUT2D eigenvalue weighted by Crippen LogP contribution is 2.29. The highest BCUT2D eigenvalue weighted by atomic mass is 32.2. The van der Waals surface area contributed by atoms with Crippen molar-refractivity contribution in [2.75, 3.05) is 32.7 Å². The third kappa shape index (κ3) is 4.52. The Kier molecular flexibility index (Phi) is 5.99. The van der Waals surface area contributed by atoms with Gasteiger partial charge in [-0.2, -0.15) is 4.31 Å². The van der Waals surface area contributed by atoms with Gasteiger partial charge in [-0.1, -0.05) is 42.5 Å². The molecule has 1 unspecified atom stereocenters. The fourth-order valence-electron chi connectivity index (χ4n) is 4.22. The monoisotopic (exact) mass is 413 g/mol. The Balaban J connectivity index is 1.31. The van der Waals surface area contributed by atoms with Crippen LogP contribution in [0.4, 0.5) is 0 Å². The number of fused-ring (bicyclic) bond motifs is 1. The third-order valence-electron chi connectivity index (χ3n) is 5.78. The van der Waals surface area contributed by atoms with Crippen molar-refractivity contribution in [3.63, 3.8) is 0 Å². The summed E-state index contributed by atoms with van der Waals surface area (Å²) in [4.78, 5) is 15.0. The molecule has 7 heteroatoms. The first-order valence-electron chi connectivity index (χ1n) is 10.2. The van der Waals surface area contributed by atoms with Gasteiger partial charge in [0.2, 0.25) is 15.9 Å². The summed E-state index contributed by atoms with van der Waals surface area (Å²) in [5.74, 6) is 0.00562. The van der Waals surface area contributed by atoms with E-state index in [1.54, 1.807) is 30.3 Å². The molecule has 0 radical (unpaired) electrons. The van der Waals surface area contributed by atoms with E-state index in [0.29, 0.717) is 37.6 Å². The molecule has 0 spiro atoms. The van der Waals surface area contributed by atoms with E-state index in [0.717, 1.165) is 19.3 Å². The van der Waals surface area contributed by atoms with Gasteiger partial charge in [-0.25, -0.2) is 8.42 Å². The fourth-order valence-corrected chi connectivity index (χ4v) is 5.66. The normalized spacial score (nSPS) is 20.8. The maximum absolute atomic E-state index is 12.7. The molecule has 6 nitrogen and oxygen atoms in total. The highest BCUT2D eigenvalue weighted by molar-refractivity contribution is 7.89. The summed E-state index contributed by atoms with van der Waals surface area (Å²) in [6.07, 6.45) is 3.12. The van der Waals surface area contributed by atoms with Crippen molar-refractivity contribution in [3.8, 4) is 0 Å². The van der Waals surface area contributed by atoms with Crippen LogP contribution in [0.2, 0.25) is 0 Å². The van der Waals surface area contributed by atoms with Gasteiger partial charge in [-0.3, -0.25) is 9.69 Å². The lowest BCUT2D eigenvalue weighted by Crippen LogP contribution is -2.51.